The first-order valence-electron chi connectivity index (χ1n) is 8.68. The van der Waals surface area contributed by atoms with Crippen molar-refractivity contribution in [2.45, 2.75) is 0 Å². The zero-order valence-electron chi connectivity index (χ0n) is 15.4. The third kappa shape index (κ3) is 5.10. The summed E-state index contributed by atoms with van der Waals surface area (Å²) in [6.45, 7) is 0. The van der Waals surface area contributed by atoms with Crippen LogP contribution in [0.15, 0.2) is 77.9 Å². The third-order valence-corrected chi connectivity index (χ3v) is 3.98. The topological polar surface area (TPSA) is 114 Å². The minimum absolute atomic E-state index is 0.105. The maximum atomic E-state index is 13.5. The number of halogens is 1. The van der Waals surface area contributed by atoms with Crippen LogP contribution in [0.3, 0.4) is 0 Å². The molecule has 0 aliphatic carbocycles. The number of anilines is 1. The van der Waals surface area contributed by atoms with E-state index in [4.69, 9.17) is 0 Å². The Balaban J connectivity index is 1.67. The highest BCUT2D eigenvalue weighted by atomic mass is 19.1. The Morgan fingerprint density at radius 1 is 0.933 bits per heavy atom. The highest BCUT2D eigenvalue weighted by molar-refractivity contribution is 6.05. The summed E-state index contributed by atoms with van der Waals surface area (Å²) in [7, 11) is 0. The van der Waals surface area contributed by atoms with Crippen molar-refractivity contribution in [3.8, 4) is 0 Å². The van der Waals surface area contributed by atoms with E-state index < -0.39 is 22.6 Å². The lowest BCUT2D eigenvalue weighted by atomic mass is 10.1. The van der Waals surface area contributed by atoms with E-state index in [0.29, 0.717) is 5.69 Å². The van der Waals surface area contributed by atoms with Crippen molar-refractivity contribution in [1.82, 2.24) is 5.43 Å². The number of carbonyl (C=O) groups excluding carboxylic acids is 2. The number of hydrogen-bond donors (Lipinski definition) is 2. The van der Waals surface area contributed by atoms with Gasteiger partial charge in [-0.05, 0) is 30.3 Å². The number of nitro groups is 1. The maximum absolute atomic E-state index is 13.5. The average Bonchev–Trinajstić information content (AvgIpc) is 2.75. The van der Waals surface area contributed by atoms with Gasteiger partial charge in [0.15, 0.2) is 0 Å². The Morgan fingerprint density at radius 3 is 2.37 bits per heavy atom. The van der Waals surface area contributed by atoms with E-state index >= 15 is 0 Å². The molecule has 0 saturated heterocycles. The summed E-state index contributed by atoms with van der Waals surface area (Å²) in [6, 6.07) is 17.3. The monoisotopic (exact) mass is 406 g/mol. The van der Waals surface area contributed by atoms with Crippen LogP contribution in [0.1, 0.15) is 26.3 Å². The van der Waals surface area contributed by atoms with Crippen molar-refractivity contribution in [2.75, 3.05) is 5.32 Å². The molecule has 0 unspecified atom stereocenters. The van der Waals surface area contributed by atoms with E-state index in [1.165, 1.54) is 48.7 Å². The minimum atomic E-state index is -0.594. The molecular formula is C21H15FN4O4. The molecule has 30 heavy (non-hydrogen) atoms. The van der Waals surface area contributed by atoms with E-state index in [0.717, 1.165) is 6.07 Å². The van der Waals surface area contributed by atoms with Gasteiger partial charge in [0.25, 0.3) is 17.5 Å². The van der Waals surface area contributed by atoms with Crippen LogP contribution < -0.4 is 10.7 Å². The minimum Gasteiger partial charge on any atom is -0.322 e. The van der Waals surface area contributed by atoms with Gasteiger partial charge in [-0.25, -0.2) is 9.82 Å². The standard InChI is InChI=1S/C21H15FN4O4/c22-19-10-2-1-5-16(19)13-23-25-21(28)14-6-3-8-17(11-14)24-20(27)15-7-4-9-18(12-15)26(29)30/h1-13H,(H,24,27)(H,25,28)/b23-13+. The van der Waals surface area contributed by atoms with E-state index in [9.17, 15) is 24.1 Å². The van der Waals surface area contributed by atoms with Crippen LogP contribution >= 0.6 is 0 Å². The number of nitrogens with one attached hydrogen (secondary N) is 2. The van der Waals surface area contributed by atoms with Crippen LogP contribution in [0, 0.1) is 15.9 Å². The van der Waals surface area contributed by atoms with E-state index in [2.05, 4.69) is 15.8 Å². The fraction of sp³-hybridized carbons (Fsp3) is 0. The summed E-state index contributed by atoms with van der Waals surface area (Å²) in [4.78, 5) is 34.8. The van der Waals surface area contributed by atoms with Gasteiger partial charge in [0.05, 0.1) is 11.1 Å². The lowest BCUT2D eigenvalue weighted by molar-refractivity contribution is -0.384. The average molecular weight is 406 g/mol. The van der Waals surface area contributed by atoms with Gasteiger partial charge in [0.1, 0.15) is 5.82 Å². The molecule has 3 aromatic carbocycles. The van der Waals surface area contributed by atoms with Crippen LogP contribution in [0.5, 0.6) is 0 Å². The number of benzene rings is 3. The predicted octanol–water partition coefficient (Wildman–Crippen LogP) is 3.75. The van der Waals surface area contributed by atoms with Crippen LogP contribution in [0.25, 0.3) is 0 Å². The Bertz CT molecular complexity index is 1150. The molecule has 3 aromatic rings. The van der Waals surface area contributed by atoms with Crippen molar-refractivity contribution in [3.63, 3.8) is 0 Å². The smallest absolute Gasteiger partial charge is 0.271 e. The van der Waals surface area contributed by atoms with E-state index in [1.54, 1.807) is 24.3 Å². The molecule has 0 fully saturated rings. The van der Waals surface area contributed by atoms with Gasteiger partial charge >= 0.3 is 0 Å². The summed E-state index contributed by atoms with van der Waals surface area (Å²) >= 11 is 0. The van der Waals surface area contributed by atoms with Crippen molar-refractivity contribution < 1.29 is 18.9 Å². The Kier molecular flexibility index (Phi) is 6.23. The fourth-order valence-electron chi connectivity index (χ4n) is 2.51. The second-order valence-electron chi connectivity index (χ2n) is 6.06. The molecule has 0 bridgehead atoms. The predicted molar refractivity (Wildman–Crippen MR) is 109 cm³/mol. The molecule has 8 nitrogen and oxygen atoms in total. The number of rotatable bonds is 6. The second-order valence-corrected chi connectivity index (χ2v) is 6.06. The molecule has 0 spiro atoms. The molecule has 0 heterocycles. The quantitative estimate of drug-likeness (QED) is 0.369. The van der Waals surface area contributed by atoms with Gasteiger partial charge in [0, 0.05) is 34.5 Å². The molecule has 2 amide bonds. The van der Waals surface area contributed by atoms with Crippen LogP contribution in [-0.2, 0) is 0 Å². The summed E-state index contributed by atoms with van der Waals surface area (Å²) in [5.74, 6) is -1.59. The molecule has 2 N–H and O–H groups in total. The zero-order chi connectivity index (χ0) is 21.5. The molecule has 0 aliphatic rings. The Morgan fingerprint density at radius 2 is 1.63 bits per heavy atom. The molecule has 150 valence electrons. The van der Waals surface area contributed by atoms with Gasteiger partial charge in [-0.2, -0.15) is 5.10 Å². The number of carbonyl (C=O) groups is 2. The van der Waals surface area contributed by atoms with Gasteiger partial charge in [-0.3, -0.25) is 19.7 Å². The first-order valence-corrected chi connectivity index (χ1v) is 8.68. The number of amides is 2. The van der Waals surface area contributed by atoms with Crippen molar-refractivity contribution in [1.29, 1.82) is 0 Å². The highest BCUT2D eigenvalue weighted by Crippen LogP contribution is 2.16. The Hall–Kier alpha value is -4.40. The number of nitro benzene ring substituents is 1. The molecule has 3 rings (SSSR count). The zero-order valence-corrected chi connectivity index (χ0v) is 15.4. The molecule has 0 saturated carbocycles. The molecule has 0 aromatic heterocycles. The fourth-order valence-corrected chi connectivity index (χ4v) is 2.51. The normalized spacial score (nSPS) is 10.6. The number of hydrazone groups is 1. The number of hydrogen-bond acceptors (Lipinski definition) is 5. The van der Waals surface area contributed by atoms with Gasteiger partial charge in [-0.15, -0.1) is 0 Å². The maximum Gasteiger partial charge on any atom is 0.271 e. The second kappa shape index (κ2) is 9.20. The third-order valence-electron chi connectivity index (χ3n) is 3.98. The van der Waals surface area contributed by atoms with Crippen LogP contribution in [0.2, 0.25) is 0 Å². The molecule has 9 heteroatoms. The van der Waals surface area contributed by atoms with Gasteiger partial charge in [0.2, 0.25) is 0 Å². The Labute approximate surface area is 170 Å². The summed E-state index contributed by atoms with van der Waals surface area (Å²) < 4.78 is 13.5. The van der Waals surface area contributed by atoms with E-state index in [1.807, 2.05) is 0 Å². The first kappa shape index (κ1) is 20.3. The SMILES string of the molecule is O=C(N/N=C/c1ccccc1F)c1cccc(NC(=O)c2cccc([N+](=O)[O-])c2)c1. The summed E-state index contributed by atoms with van der Waals surface area (Å²) in [5, 5.41) is 17.2. The molecule has 0 radical (unpaired) electrons. The summed E-state index contributed by atoms with van der Waals surface area (Å²) in [6.07, 6.45) is 1.18. The van der Waals surface area contributed by atoms with Crippen LogP contribution in [-0.4, -0.2) is 23.0 Å². The number of non-ortho nitro benzene ring substituents is 1. The summed E-state index contributed by atoms with van der Waals surface area (Å²) in [5.41, 5.74) is 2.92. The molecule has 0 atom stereocenters. The first-order chi connectivity index (χ1) is 14.4. The van der Waals surface area contributed by atoms with Gasteiger partial charge < -0.3 is 5.32 Å². The van der Waals surface area contributed by atoms with Crippen molar-refractivity contribution in [2.24, 2.45) is 5.10 Å². The number of nitrogens with zero attached hydrogens (tertiary/aromatic N) is 2. The van der Waals surface area contributed by atoms with Crippen molar-refractivity contribution >= 4 is 29.4 Å². The lowest BCUT2D eigenvalue weighted by Crippen LogP contribution is -2.18. The van der Waals surface area contributed by atoms with Crippen molar-refractivity contribution in [3.05, 3.63) is 105 Å². The lowest BCUT2D eigenvalue weighted by Gasteiger charge is -2.07. The molecular weight excluding hydrogens is 391 g/mol. The largest absolute Gasteiger partial charge is 0.322 e. The molecule has 0 aliphatic heterocycles. The van der Waals surface area contributed by atoms with Gasteiger partial charge in [-0.1, -0.05) is 30.3 Å². The highest BCUT2D eigenvalue weighted by Gasteiger charge is 2.12. The van der Waals surface area contributed by atoms with E-state index in [-0.39, 0.29) is 22.4 Å². The van der Waals surface area contributed by atoms with Crippen LogP contribution in [0.4, 0.5) is 15.8 Å².